The number of benzene rings is 1. The smallest absolute Gasteiger partial charge is 0.276 e. The van der Waals surface area contributed by atoms with Crippen molar-refractivity contribution in [1.29, 1.82) is 0 Å². The summed E-state index contributed by atoms with van der Waals surface area (Å²) in [6.45, 7) is 4.21. The quantitative estimate of drug-likeness (QED) is 0.899. The molecule has 0 spiro atoms. The summed E-state index contributed by atoms with van der Waals surface area (Å²) in [5.74, 6) is 0.534. The van der Waals surface area contributed by atoms with Gasteiger partial charge in [-0.1, -0.05) is 17.7 Å². The number of methoxy groups -OCH3 is 1. The monoisotopic (exact) mass is 288 g/mol. The number of nitrogens with one attached hydrogen (secondary N) is 1. The number of rotatable bonds is 4. The summed E-state index contributed by atoms with van der Waals surface area (Å²) in [7, 11) is 3.33. The Morgan fingerprint density at radius 2 is 2.14 bits per heavy atom. The lowest BCUT2D eigenvalue weighted by Crippen LogP contribution is -2.27. The van der Waals surface area contributed by atoms with Gasteiger partial charge in [0.15, 0.2) is 5.69 Å². The van der Waals surface area contributed by atoms with E-state index in [1.54, 1.807) is 26.0 Å². The van der Waals surface area contributed by atoms with Gasteiger partial charge >= 0.3 is 0 Å². The Balaban J connectivity index is 2.22. The molecule has 112 valence electrons. The molecule has 1 aromatic heterocycles. The van der Waals surface area contributed by atoms with Crippen LogP contribution in [-0.4, -0.2) is 35.2 Å². The molecule has 0 atom stereocenters. The fourth-order valence-corrected chi connectivity index (χ4v) is 2.14. The molecule has 3 N–H and O–H groups in total. The van der Waals surface area contributed by atoms with Crippen LogP contribution in [0.3, 0.4) is 0 Å². The first-order valence-corrected chi connectivity index (χ1v) is 6.63. The highest BCUT2D eigenvalue weighted by Crippen LogP contribution is 2.22. The van der Waals surface area contributed by atoms with Crippen LogP contribution in [0.15, 0.2) is 18.2 Å². The zero-order chi connectivity index (χ0) is 15.6. The average Bonchev–Trinajstić information content (AvgIpc) is 2.78. The van der Waals surface area contributed by atoms with E-state index in [4.69, 9.17) is 10.5 Å². The van der Waals surface area contributed by atoms with Crippen LogP contribution in [0.4, 0.5) is 5.69 Å². The molecule has 0 saturated carbocycles. The molecule has 0 aliphatic rings. The lowest BCUT2D eigenvalue weighted by molar-refractivity contribution is 0.0779. The summed E-state index contributed by atoms with van der Waals surface area (Å²) in [4.78, 5) is 14.0. The number of nitrogens with two attached hydrogens (primary N) is 1. The molecule has 0 fully saturated rings. The van der Waals surface area contributed by atoms with E-state index in [9.17, 15) is 4.79 Å². The van der Waals surface area contributed by atoms with E-state index in [1.807, 2.05) is 25.1 Å². The van der Waals surface area contributed by atoms with Crippen LogP contribution in [0.1, 0.15) is 27.3 Å². The van der Waals surface area contributed by atoms with Gasteiger partial charge in [0.1, 0.15) is 5.75 Å². The van der Waals surface area contributed by atoms with E-state index in [0.29, 0.717) is 17.9 Å². The van der Waals surface area contributed by atoms with Crippen molar-refractivity contribution in [2.75, 3.05) is 19.9 Å². The molecule has 0 unspecified atom stereocenters. The SMILES string of the molecule is COc1ccc(C)cc1CN(C)C(=O)c1n[nH]c(C)c1N. The van der Waals surface area contributed by atoms with Crippen molar-refractivity contribution in [2.24, 2.45) is 0 Å². The van der Waals surface area contributed by atoms with E-state index in [1.165, 1.54) is 0 Å². The number of anilines is 1. The third-order valence-electron chi connectivity index (χ3n) is 3.39. The number of hydrogen-bond acceptors (Lipinski definition) is 4. The summed E-state index contributed by atoms with van der Waals surface area (Å²) in [6.07, 6.45) is 0. The number of carbonyl (C=O) groups excluding carboxylic acids is 1. The Kier molecular flexibility index (Phi) is 4.16. The zero-order valence-electron chi connectivity index (χ0n) is 12.7. The van der Waals surface area contributed by atoms with Crippen molar-refractivity contribution in [3.05, 3.63) is 40.7 Å². The molecule has 1 aromatic carbocycles. The van der Waals surface area contributed by atoms with Gasteiger partial charge in [0.2, 0.25) is 0 Å². The van der Waals surface area contributed by atoms with Gasteiger partial charge in [-0.3, -0.25) is 9.89 Å². The standard InChI is InChI=1S/C15H20N4O2/c1-9-5-6-12(21-4)11(7-9)8-19(3)15(20)14-13(16)10(2)17-18-14/h5-7H,8,16H2,1-4H3,(H,17,18). The summed E-state index contributed by atoms with van der Waals surface area (Å²) in [5, 5.41) is 6.69. The molecule has 21 heavy (non-hydrogen) atoms. The van der Waals surface area contributed by atoms with Crippen molar-refractivity contribution >= 4 is 11.6 Å². The molecule has 1 heterocycles. The van der Waals surface area contributed by atoms with Crippen LogP contribution >= 0.6 is 0 Å². The van der Waals surface area contributed by atoms with Crippen molar-refractivity contribution in [3.63, 3.8) is 0 Å². The lowest BCUT2D eigenvalue weighted by Gasteiger charge is -2.18. The highest BCUT2D eigenvalue weighted by molar-refractivity contribution is 5.97. The molecule has 0 aliphatic heterocycles. The maximum atomic E-state index is 12.4. The summed E-state index contributed by atoms with van der Waals surface area (Å²) in [5.41, 5.74) is 9.24. The van der Waals surface area contributed by atoms with E-state index in [-0.39, 0.29) is 11.6 Å². The minimum Gasteiger partial charge on any atom is -0.496 e. The van der Waals surface area contributed by atoms with Crippen LogP contribution in [-0.2, 0) is 6.54 Å². The van der Waals surface area contributed by atoms with Gasteiger partial charge in [-0.2, -0.15) is 5.10 Å². The molecule has 2 aromatic rings. The van der Waals surface area contributed by atoms with Gasteiger partial charge in [-0.05, 0) is 19.9 Å². The van der Waals surface area contributed by atoms with Crippen LogP contribution < -0.4 is 10.5 Å². The van der Waals surface area contributed by atoms with E-state index in [0.717, 1.165) is 16.9 Å². The fraction of sp³-hybridized carbons (Fsp3) is 0.333. The third-order valence-corrected chi connectivity index (χ3v) is 3.39. The van der Waals surface area contributed by atoms with E-state index in [2.05, 4.69) is 10.2 Å². The highest BCUT2D eigenvalue weighted by Gasteiger charge is 2.20. The summed E-state index contributed by atoms with van der Waals surface area (Å²) < 4.78 is 5.33. The Morgan fingerprint density at radius 1 is 1.43 bits per heavy atom. The van der Waals surface area contributed by atoms with Gasteiger partial charge in [0.25, 0.3) is 5.91 Å². The molecular formula is C15H20N4O2. The van der Waals surface area contributed by atoms with Gasteiger partial charge in [0.05, 0.1) is 18.5 Å². The second-order valence-corrected chi connectivity index (χ2v) is 5.09. The molecule has 0 saturated heterocycles. The lowest BCUT2D eigenvalue weighted by atomic mass is 10.1. The first-order chi connectivity index (χ1) is 9.93. The van der Waals surface area contributed by atoms with Gasteiger partial charge in [-0.15, -0.1) is 0 Å². The van der Waals surface area contributed by atoms with Crippen molar-refractivity contribution in [2.45, 2.75) is 20.4 Å². The Morgan fingerprint density at radius 3 is 2.71 bits per heavy atom. The Bertz CT molecular complexity index is 664. The largest absolute Gasteiger partial charge is 0.496 e. The number of hydrogen-bond donors (Lipinski definition) is 2. The molecule has 0 aliphatic carbocycles. The molecule has 6 nitrogen and oxygen atoms in total. The number of nitrogen functional groups attached to an aromatic ring is 1. The van der Waals surface area contributed by atoms with Crippen molar-refractivity contribution < 1.29 is 9.53 Å². The van der Waals surface area contributed by atoms with Gasteiger partial charge in [-0.25, -0.2) is 0 Å². The van der Waals surface area contributed by atoms with Crippen LogP contribution in [0.2, 0.25) is 0 Å². The third kappa shape index (κ3) is 2.99. The molecular weight excluding hydrogens is 268 g/mol. The zero-order valence-corrected chi connectivity index (χ0v) is 12.7. The highest BCUT2D eigenvalue weighted by atomic mass is 16.5. The van der Waals surface area contributed by atoms with Crippen LogP contribution in [0.5, 0.6) is 5.75 Å². The van der Waals surface area contributed by atoms with Crippen LogP contribution in [0, 0.1) is 13.8 Å². The number of carbonyl (C=O) groups is 1. The first kappa shape index (κ1) is 14.9. The number of aryl methyl sites for hydroxylation is 2. The molecule has 0 bridgehead atoms. The second-order valence-electron chi connectivity index (χ2n) is 5.09. The number of amides is 1. The number of aromatic amines is 1. The summed E-state index contributed by atoms with van der Waals surface area (Å²) >= 11 is 0. The van der Waals surface area contributed by atoms with Crippen molar-refractivity contribution in [3.8, 4) is 5.75 Å². The van der Waals surface area contributed by atoms with Crippen molar-refractivity contribution in [1.82, 2.24) is 15.1 Å². The van der Waals surface area contributed by atoms with Gasteiger partial charge < -0.3 is 15.4 Å². The Hall–Kier alpha value is -2.50. The predicted molar refractivity (Wildman–Crippen MR) is 81.3 cm³/mol. The number of nitrogens with zero attached hydrogens (tertiary/aromatic N) is 2. The number of H-pyrrole nitrogens is 1. The van der Waals surface area contributed by atoms with Gasteiger partial charge in [0, 0.05) is 19.2 Å². The molecule has 0 radical (unpaired) electrons. The topological polar surface area (TPSA) is 84.2 Å². The minimum atomic E-state index is -0.222. The van der Waals surface area contributed by atoms with E-state index >= 15 is 0 Å². The second kappa shape index (κ2) is 5.87. The Labute approximate surface area is 123 Å². The summed E-state index contributed by atoms with van der Waals surface area (Å²) in [6, 6.07) is 5.87. The number of aromatic nitrogens is 2. The molecule has 6 heteroatoms. The first-order valence-electron chi connectivity index (χ1n) is 6.63. The maximum Gasteiger partial charge on any atom is 0.276 e. The molecule has 2 rings (SSSR count). The minimum absolute atomic E-state index is 0.222. The molecule has 1 amide bonds. The fourth-order valence-electron chi connectivity index (χ4n) is 2.14. The average molecular weight is 288 g/mol. The number of ether oxygens (including phenoxy) is 1. The maximum absolute atomic E-state index is 12.4. The van der Waals surface area contributed by atoms with Crippen LogP contribution in [0.25, 0.3) is 0 Å². The van der Waals surface area contributed by atoms with E-state index < -0.39 is 0 Å². The normalized spacial score (nSPS) is 10.5. The predicted octanol–water partition coefficient (Wildman–Crippen LogP) is 1.89.